The molecule has 7 nitrogen and oxygen atoms in total. The van der Waals surface area contributed by atoms with Crippen LogP contribution in [0.4, 0.5) is 9.18 Å². The summed E-state index contributed by atoms with van der Waals surface area (Å²) in [7, 11) is 0. The van der Waals surface area contributed by atoms with Crippen LogP contribution in [0.1, 0.15) is 79.6 Å². The zero-order valence-electron chi connectivity index (χ0n) is 19.8. The Kier molecular flexibility index (Phi) is 3.72. The molecule has 7 aliphatic rings. The number of likely N-dealkylation sites (tertiary alicyclic amines) is 2. The molecule has 1 spiro atoms. The predicted molar refractivity (Wildman–Crippen MR) is 124 cm³/mol. The lowest BCUT2D eigenvalue weighted by molar-refractivity contribution is -0.208. The van der Waals surface area contributed by atoms with E-state index in [1.807, 2.05) is 15.9 Å². The minimum atomic E-state index is -0.342. The highest BCUT2D eigenvalue weighted by Gasteiger charge is 2.72. The molecule has 180 valence electrons. The largest absolute Gasteiger partial charge is 0.324 e. The van der Waals surface area contributed by atoms with Crippen molar-refractivity contribution in [2.75, 3.05) is 26.2 Å². The molecule has 3 heterocycles. The van der Waals surface area contributed by atoms with Gasteiger partial charge in [0.25, 0.3) is 0 Å². The van der Waals surface area contributed by atoms with E-state index in [2.05, 4.69) is 16.3 Å². The second-order valence-electron chi connectivity index (χ2n) is 12.7. The number of aromatic amines is 1. The Labute approximate surface area is 203 Å². The van der Waals surface area contributed by atoms with Crippen LogP contribution >= 0.6 is 0 Å². The van der Waals surface area contributed by atoms with Gasteiger partial charge in [0, 0.05) is 43.4 Å². The Balaban J connectivity index is 0.823. The zero-order chi connectivity index (χ0) is 23.6. The molecule has 5 aliphatic carbocycles. The third-order valence-electron chi connectivity index (χ3n) is 10.3. The SMILES string of the molecule is N#Cc1cc(F)ccc1C12CC(C3CN(C(=O)N4CC5(CC(c6nc(C7CC7)n[nH]6)C5)C4)C3)(C1)C2. The van der Waals surface area contributed by atoms with E-state index in [0.717, 1.165) is 75.5 Å². The van der Waals surface area contributed by atoms with E-state index in [1.54, 1.807) is 0 Å². The standard InChI is InChI=1S/C27H29FN6O/c28-20-3-4-21(17(5-20)8-29)27-11-26(12-27,13-27)19-9-33(10-19)24(35)34-14-25(15-34)6-18(7-25)23-30-22(31-32-23)16-1-2-16/h3-5,16,18-19H,1-2,6-7,9-15H2,(H,30,31,32). The van der Waals surface area contributed by atoms with Gasteiger partial charge in [-0.3, -0.25) is 5.10 Å². The number of rotatable bonds is 4. The van der Waals surface area contributed by atoms with E-state index in [0.29, 0.717) is 34.1 Å². The summed E-state index contributed by atoms with van der Waals surface area (Å²) in [5.74, 6) is 3.32. The minimum Gasteiger partial charge on any atom is -0.324 e. The highest BCUT2D eigenvalue weighted by molar-refractivity contribution is 5.76. The number of amides is 2. The number of hydrogen-bond donors (Lipinski definition) is 1. The van der Waals surface area contributed by atoms with Crippen molar-refractivity contribution in [1.29, 1.82) is 5.26 Å². The fraction of sp³-hybridized carbons (Fsp3) is 0.630. The number of urea groups is 1. The van der Waals surface area contributed by atoms with Gasteiger partial charge in [-0.05, 0) is 79.4 Å². The van der Waals surface area contributed by atoms with Crippen LogP contribution in [-0.2, 0) is 5.41 Å². The molecule has 9 rings (SSSR count). The van der Waals surface area contributed by atoms with E-state index >= 15 is 0 Å². The van der Waals surface area contributed by atoms with Crippen molar-refractivity contribution >= 4 is 6.03 Å². The van der Waals surface area contributed by atoms with Crippen LogP contribution in [-0.4, -0.2) is 57.2 Å². The maximum Gasteiger partial charge on any atom is 0.320 e. The number of nitrogens with one attached hydrogen (secondary N) is 1. The number of halogens is 1. The lowest BCUT2D eigenvalue weighted by Crippen LogP contribution is -2.74. The quantitative estimate of drug-likeness (QED) is 0.727. The van der Waals surface area contributed by atoms with Gasteiger partial charge < -0.3 is 9.80 Å². The summed E-state index contributed by atoms with van der Waals surface area (Å²) in [6, 6.07) is 7.05. The van der Waals surface area contributed by atoms with Crippen LogP contribution in [0, 0.1) is 33.9 Å². The van der Waals surface area contributed by atoms with Crippen LogP contribution in [0.15, 0.2) is 18.2 Å². The number of nitrogens with zero attached hydrogens (tertiary/aromatic N) is 5. The molecule has 5 saturated carbocycles. The van der Waals surface area contributed by atoms with Gasteiger partial charge in [-0.1, -0.05) is 6.07 Å². The smallest absolute Gasteiger partial charge is 0.320 e. The molecule has 1 aromatic heterocycles. The van der Waals surface area contributed by atoms with E-state index in [-0.39, 0.29) is 17.3 Å². The Morgan fingerprint density at radius 3 is 2.54 bits per heavy atom. The number of nitriles is 1. The Bertz CT molecular complexity index is 1270. The Hall–Kier alpha value is -2.95. The normalized spacial score (nSPS) is 32.7. The molecule has 2 amide bonds. The Morgan fingerprint density at radius 1 is 1.11 bits per heavy atom. The monoisotopic (exact) mass is 472 g/mol. The number of aromatic nitrogens is 3. The summed E-state index contributed by atoms with van der Waals surface area (Å²) in [5, 5.41) is 17.0. The molecule has 0 atom stereocenters. The number of H-pyrrole nitrogens is 1. The maximum atomic E-state index is 13.5. The van der Waals surface area contributed by atoms with Gasteiger partial charge in [-0.2, -0.15) is 10.4 Å². The van der Waals surface area contributed by atoms with Crippen molar-refractivity contribution in [3.8, 4) is 6.07 Å². The lowest BCUT2D eigenvalue weighted by atomic mass is 9.29. The summed E-state index contributed by atoms with van der Waals surface area (Å²) in [6.45, 7) is 3.47. The zero-order valence-corrected chi connectivity index (χ0v) is 19.8. The fourth-order valence-electron chi connectivity index (χ4n) is 8.21. The first-order valence-electron chi connectivity index (χ1n) is 13.1. The molecule has 7 fully saturated rings. The van der Waals surface area contributed by atoms with Gasteiger partial charge in [-0.25, -0.2) is 14.2 Å². The summed E-state index contributed by atoms with van der Waals surface area (Å²) < 4.78 is 13.5. The van der Waals surface area contributed by atoms with Gasteiger partial charge in [0.2, 0.25) is 0 Å². The van der Waals surface area contributed by atoms with Gasteiger partial charge in [0.05, 0.1) is 11.6 Å². The molecular formula is C27H29FN6O. The fourth-order valence-corrected chi connectivity index (χ4v) is 8.21. The molecule has 2 aliphatic heterocycles. The number of carbonyl (C=O) groups excluding carboxylic acids is 1. The van der Waals surface area contributed by atoms with Crippen molar-refractivity contribution < 1.29 is 9.18 Å². The second kappa shape index (κ2) is 6.43. The van der Waals surface area contributed by atoms with E-state index < -0.39 is 0 Å². The van der Waals surface area contributed by atoms with Crippen molar-refractivity contribution in [3.05, 3.63) is 46.8 Å². The number of benzene rings is 1. The first-order valence-corrected chi connectivity index (χ1v) is 13.1. The van der Waals surface area contributed by atoms with Crippen molar-refractivity contribution in [3.63, 3.8) is 0 Å². The third kappa shape index (κ3) is 2.73. The predicted octanol–water partition coefficient (Wildman–Crippen LogP) is 4.05. The molecule has 1 N–H and O–H groups in total. The molecule has 2 aromatic rings. The molecular weight excluding hydrogens is 443 g/mol. The van der Waals surface area contributed by atoms with Crippen molar-refractivity contribution in [2.45, 2.75) is 62.2 Å². The van der Waals surface area contributed by atoms with Crippen LogP contribution in [0.5, 0.6) is 0 Å². The molecule has 35 heavy (non-hydrogen) atoms. The third-order valence-corrected chi connectivity index (χ3v) is 10.3. The van der Waals surface area contributed by atoms with Crippen LogP contribution in [0.25, 0.3) is 0 Å². The average Bonchev–Trinajstić information content (AvgIpc) is 3.44. The topological polar surface area (TPSA) is 88.9 Å². The molecule has 1 aromatic carbocycles. The van der Waals surface area contributed by atoms with Gasteiger partial charge in [0.1, 0.15) is 11.6 Å². The number of carbonyl (C=O) groups is 1. The van der Waals surface area contributed by atoms with Gasteiger partial charge in [-0.15, -0.1) is 0 Å². The molecule has 2 saturated heterocycles. The van der Waals surface area contributed by atoms with E-state index in [1.165, 1.54) is 25.0 Å². The van der Waals surface area contributed by atoms with Crippen molar-refractivity contribution in [2.24, 2.45) is 16.7 Å². The van der Waals surface area contributed by atoms with E-state index in [9.17, 15) is 14.4 Å². The minimum absolute atomic E-state index is 0.0662. The maximum absolute atomic E-state index is 13.5. The van der Waals surface area contributed by atoms with Gasteiger partial charge in [0.15, 0.2) is 5.82 Å². The van der Waals surface area contributed by atoms with Crippen LogP contribution < -0.4 is 0 Å². The number of hydrogen-bond acceptors (Lipinski definition) is 4. The summed E-state index contributed by atoms with van der Waals surface area (Å²) in [4.78, 5) is 21.8. The first-order chi connectivity index (χ1) is 16.9. The summed E-state index contributed by atoms with van der Waals surface area (Å²) in [5.41, 5.74) is 2.20. The van der Waals surface area contributed by atoms with Crippen LogP contribution in [0.3, 0.4) is 0 Å². The molecule has 0 unspecified atom stereocenters. The van der Waals surface area contributed by atoms with Crippen molar-refractivity contribution in [1.82, 2.24) is 25.0 Å². The summed E-state index contributed by atoms with van der Waals surface area (Å²) in [6.07, 6.45) is 7.88. The molecule has 2 bridgehead atoms. The van der Waals surface area contributed by atoms with Crippen LogP contribution in [0.2, 0.25) is 0 Å². The summed E-state index contributed by atoms with van der Waals surface area (Å²) >= 11 is 0. The highest BCUT2D eigenvalue weighted by Crippen LogP contribution is 2.77. The molecule has 8 heteroatoms. The molecule has 0 radical (unpaired) electrons. The van der Waals surface area contributed by atoms with E-state index in [4.69, 9.17) is 4.98 Å². The average molecular weight is 473 g/mol. The van der Waals surface area contributed by atoms with Gasteiger partial charge >= 0.3 is 6.03 Å². The first kappa shape index (κ1) is 20.3. The Morgan fingerprint density at radius 2 is 1.86 bits per heavy atom. The lowest BCUT2D eigenvalue weighted by Gasteiger charge is -2.76. The highest BCUT2D eigenvalue weighted by atomic mass is 19.1. The second-order valence-corrected chi connectivity index (χ2v) is 12.7.